The Hall–Kier alpha value is 0.210. The Balaban J connectivity index is 0. The molecule has 0 aliphatic carbocycles. The molecule has 0 radical (unpaired) electrons. The summed E-state index contributed by atoms with van der Waals surface area (Å²) >= 11 is 0. The van der Waals surface area contributed by atoms with E-state index in [1.165, 1.54) is 64.5 Å². The third-order valence-corrected chi connectivity index (χ3v) is 3.35. The van der Waals surface area contributed by atoms with Crippen LogP contribution in [-0.2, 0) is 4.74 Å². The lowest BCUT2D eigenvalue weighted by molar-refractivity contribution is 0.0994. The Labute approximate surface area is 127 Å². The normalized spacial score (nSPS) is 10.7. The van der Waals surface area contributed by atoms with Crippen molar-refractivity contribution in [1.29, 1.82) is 0 Å². The van der Waals surface area contributed by atoms with Gasteiger partial charge in [0.1, 0.15) is 0 Å². The van der Waals surface area contributed by atoms with Gasteiger partial charge in [0.25, 0.3) is 0 Å². The standard InChI is InChI=1S/C16H35NO.ClH/c1-4-7-10-11-15-18-16-14-17(12-8-5-2)13-9-6-3;/h4-16H2,1-3H3;1H. The van der Waals surface area contributed by atoms with Gasteiger partial charge >= 0.3 is 0 Å². The Morgan fingerprint density at radius 1 is 0.632 bits per heavy atom. The zero-order valence-electron chi connectivity index (χ0n) is 13.5. The lowest BCUT2D eigenvalue weighted by atomic mass is 10.2. The van der Waals surface area contributed by atoms with Crippen LogP contribution in [0.5, 0.6) is 0 Å². The largest absolute Gasteiger partial charge is 0.380 e. The molecule has 0 N–H and O–H groups in total. The van der Waals surface area contributed by atoms with Crippen molar-refractivity contribution in [3.63, 3.8) is 0 Å². The summed E-state index contributed by atoms with van der Waals surface area (Å²) in [6.45, 7) is 12.3. The van der Waals surface area contributed by atoms with Gasteiger partial charge < -0.3 is 9.64 Å². The van der Waals surface area contributed by atoms with Crippen LogP contribution in [0.25, 0.3) is 0 Å². The van der Waals surface area contributed by atoms with Crippen LogP contribution < -0.4 is 0 Å². The lowest BCUT2D eigenvalue weighted by Gasteiger charge is -2.21. The Morgan fingerprint density at radius 3 is 1.74 bits per heavy atom. The average Bonchev–Trinajstić information content (AvgIpc) is 2.40. The molecule has 0 spiro atoms. The quantitative estimate of drug-likeness (QED) is 0.422. The van der Waals surface area contributed by atoms with E-state index in [0.717, 1.165) is 19.8 Å². The molecule has 118 valence electrons. The van der Waals surface area contributed by atoms with Crippen LogP contribution in [-0.4, -0.2) is 37.7 Å². The highest BCUT2D eigenvalue weighted by Gasteiger charge is 2.03. The summed E-state index contributed by atoms with van der Waals surface area (Å²) in [5.74, 6) is 0. The van der Waals surface area contributed by atoms with Gasteiger partial charge in [-0.25, -0.2) is 0 Å². The first kappa shape index (κ1) is 21.5. The van der Waals surface area contributed by atoms with Gasteiger partial charge in [0.05, 0.1) is 6.61 Å². The van der Waals surface area contributed by atoms with E-state index >= 15 is 0 Å². The van der Waals surface area contributed by atoms with Crippen LogP contribution in [0.1, 0.15) is 72.1 Å². The fourth-order valence-corrected chi connectivity index (χ4v) is 2.03. The maximum Gasteiger partial charge on any atom is 0.0593 e. The predicted molar refractivity (Wildman–Crippen MR) is 88.5 cm³/mol. The highest BCUT2D eigenvalue weighted by Crippen LogP contribution is 2.01. The van der Waals surface area contributed by atoms with E-state index in [1.807, 2.05) is 0 Å². The molecule has 19 heavy (non-hydrogen) atoms. The molecule has 3 heteroatoms. The number of nitrogens with zero attached hydrogens (tertiary/aromatic N) is 1. The lowest BCUT2D eigenvalue weighted by Crippen LogP contribution is -2.29. The van der Waals surface area contributed by atoms with Gasteiger partial charge in [0, 0.05) is 13.2 Å². The highest BCUT2D eigenvalue weighted by molar-refractivity contribution is 5.85. The number of rotatable bonds is 14. The average molecular weight is 294 g/mol. The van der Waals surface area contributed by atoms with E-state index in [0.29, 0.717) is 0 Å². The van der Waals surface area contributed by atoms with Gasteiger partial charge in [-0.05, 0) is 32.4 Å². The molecule has 0 aliphatic heterocycles. The summed E-state index contributed by atoms with van der Waals surface area (Å²) in [7, 11) is 0. The van der Waals surface area contributed by atoms with Gasteiger partial charge in [-0.1, -0.05) is 52.9 Å². The number of ether oxygens (including phenoxy) is 1. The van der Waals surface area contributed by atoms with E-state index in [2.05, 4.69) is 25.7 Å². The van der Waals surface area contributed by atoms with Gasteiger partial charge in [-0.15, -0.1) is 12.4 Å². The van der Waals surface area contributed by atoms with Gasteiger partial charge in [0.2, 0.25) is 0 Å². The molecule has 0 amide bonds. The minimum absolute atomic E-state index is 0. The molecule has 0 aliphatic rings. The first-order valence-corrected chi connectivity index (χ1v) is 8.15. The van der Waals surface area contributed by atoms with Crippen molar-refractivity contribution >= 4 is 12.4 Å². The van der Waals surface area contributed by atoms with Gasteiger partial charge in [-0.3, -0.25) is 0 Å². The Kier molecular flexibility index (Phi) is 20.6. The van der Waals surface area contributed by atoms with Crippen LogP contribution in [0.3, 0.4) is 0 Å². The molecule has 0 heterocycles. The monoisotopic (exact) mass is 293 g/mol. The molecule has 0 aromatic rings. The van der Waals surface area contributed by atoms with Crippen molar-refractivity contribution in [1.82, 2.24) is 4.90 Å². The Bertz CT molecular complexity index is 148. The van der Waals surface area contributed by atoms with Crippen LogP contribution in [0.15, 0.2) is 0 Å². The fraction of sp³-hybridized carbons (Fsp3) is 1.00. The summed E-state index contributed by atoms with van der Waals surface area (Å²) in [6, 6.07) is 0. The first-order valence-electron chi connectivity index (χ1n) is 8.15. The van der Waals surface area contributed by atoms with E-state index in [4.69, 9.17) is 4.74 Å². The fourth-order valence-electron chi connectivity index (χ4n) is 2.03. The summed E-state index contributed by atoms with van der Waals surface area (Å²) < 4.78 is 5.73. The zero-order valence-corrected chi connectivity index (χ0v) is 14.3. The van der Waals surface area contributed by atoms with Crippen LogP contribution in [0.2, 0.25) is 0 Å². The molecule has 2 nitrogen and oxygen atoms in total. The molecule has 0 fully saturated rings. The number of hydrogen-bond acceptors (Lipinski definition) is 2. The van der Waals surface area contributed by atoms with E-state index < -0.39 is 0 Å². The SMILES string of the molecule is CCCCCCOCCN(CCCC)CCCC.Cl. The minimum Gasteiger partial charge on any atom is -0.380 e. The maximum atomic E-state index is 5.73. The third-order valence-electron chi connectivity index (χ3n) is 3.35. The first-order chi connectivity index (χ1) is 8.85. The second-order valence-corrected chi connectivity index (χ2v) is 5.22. The smallest absolute Gasteiger partial charge is 0.0593 e. The molecule has 0 aromatic heterocycles. The van der Waals surface area contributed by atoms with E-state index in [9.17, 15) is 0 Å². The summed E-state index contributed by atoms with van der Waals surface area (Å²) in [6.07, 6.45) is 10.4. The topological polar surface area (TPSA) is 12.5 Å². The van der Waals surface area contributed by atoms with Crippen LogP contribution >= 0.6 is 12.4 Å². The maximum absolute atomic E-state index is 5.73. The van der Waals surface area contributed by atoms with E-state index in [-0.39, 0.29) is 12.4 Å². The summed E-state index contributed by atoms with van der Waals surface area (Å²) in [4.78, 5) is 2.57. The molecular formula is C16H36ClNO. The van der Waals surface area contributed by atoms with Crippen LogP contribution in [0, 0.1) is 0 Å². The van der Waals surface area contributed by atoms with Crippen molar-refractivity contribution in [2.75, 3.05) is 32.8 Å². The molecule has 0 atom stereocenters. The second-order valence-electron chi connectivity index (χ2n) is 5.22. The van der Waals surface area contributed by atoms with Crippen molar-refractivity contribution < 1.29 is 4.74 Å². The summed E-state index contributed by atoms with van der Waals surface area (Å²) in [5, 5.41) is 0. The predicted octanol–water partition coefficient (Wildman–Crippen LogP) is 4.91. The summed E-state index contributed by atoms with van der Waals surface area (Å²) in [5.41, 5.74) is 0. The second kappa shape index (κ2) is 18.2. The molecule has 0 bridgehead atoms. The molecule has 0 saturated carbocycles. The van der Waals surface area contributed by atoms with Gasteiger partial charge in [0.15, 0.2) is 0 Å². The minimum atomic E-state index is 0. The molecule has 0 aromatic carbocycles. The highest BCUT2D eigenvalue weighted by atomic mass is 35.5. The molecule has 0 rings (SSSR count). The Morgan fingerprint density at radius 2 is 1.21 bits per heavy atom. The van der Waals surface area contributed by atoms with Crippen molar-refractivity contribution in [2.24, 2.45) is 0 Å². The molecular weight excluding hydrogens is 258 g/mol. The zero-order chi connectivity index (χ0) is 13.5. The molecule has 0 saturated heterocycles. The third kappa shape index (κ3) is 16.2. The number of halogens is 1. The van der Waals surface area contributed by atoms with E-state index in [1.54, 1.807) is 0 Å². The van der Waals surface area contributed by atoms with Gasteiger partial charge in [-0.2, -0.15) is 0 Å². The van der Waals surface area contributed by atoms with Crippen molar-refractivity contribution in [2.45, 2.75) is 72.1 Å². The number of unbranched alkanes of at least 4 members (excludes halogenated alkanes) is 5. The van der Waals surface area contributed by atoms with Crippen LogP contribution in [0.4, 0.5) is 0 Å². The number of hydrogen-bond donors (Lipinski definition) is 0. The van der Waals surface area contributed by atoms with Crippen molar-refractivity contribution in [3.8, 4) is 0 Å². The van der Waals surface area contributed by atoms with Crippen molar-refractivity contribution in [3.05, 3.63) is 0 Å². The molecule has 0 unspecified atom stereocenters.